The van der Waals surface area contributed by atoms with Crippen LogP contribution in [0.3, 0.4) is 0 Å². The summed E-state index contributed by atoms with van der Waals surface area (Å²) in [5.41, 5.74) is 1.65. The maximum atomic E-state index is 10.3. The highest BCUT2D eigenvalue weighted by Crippen LogP contribution is 2.29. The van der Waals surface area contributed by atoms with Crippen molar-refractivity contribution >= 4 is 0 Å². The van der Waals surface area contributed by atoms with Crippen LogP contribution >= 0.6 is 0 Å². The Balaban J connectivity index is 1.97. The van der Waals surface area contributed by atoms with Gasteiger partial charge in [-0.2, -0.15) is 0 Å². The van der Waals surface area contributed by atoms with Crippen molar-refractivity contribution in [1.82, 2.24) is 4.90 Å². The van der Waals surface area contributed by atoms with Gasteiger partial charge in [0.1, 0.15) is 0 Å². The Bertz CT molecular complexity index is 387. The van der Waals surface area contributed by atoms with E-state index in [-0.39, 0.29) is 0 Å². The topological polar surface area (TPSA) is 23.5 Å². The largest absolute Gasteiger partial charge is 0.385 e. The Morgan fingerprint density at radius 1 is 1.35 bits per heavy atom. The van der Waals surface area contributed by atoms with Crippen LogP contribution in [0, 0.1) is 0 Å². The zero-order valence-corrected chi connectivity index (χ0v) is 10.5. The quantitative estimate of drug-likeness (QED) is 0.808. The van der Waals surface area contributed by atoms with Gasteiger partial charge < -0.3 is 5.11 Å². The number of aliphatic hydroxyl groups is 1. The van der Waals surface area contributed by atoms with Crippen molar-refractivity contribution in [2.45, 2.75) is 31.9 Å². The third kappa shape index (κ3) is 2.76. The second-order valence-electron chi connectivity index (χ2n) is 4.93. The first-order valence-corrected chi connectivity index (χ1v) is 6.31. The molecule has 2 heteroatoms. The summed E-state index contributed by atoms with van der Waals surface area (Å²) in [5.74, 6) is 0. The molecule has 17 heavy (non-hydrogen) atoms. The lowest BCUT2D eigenvalue weighted by Gasteiger charge is -2.39. The van der Waals surface area contributed by atoms with Crippen molar-refractivity contribution in [3.63, 3.8) is 0 Å². The van der Waals surface area contributed by atoms with Gasteiger partial charge in [0.15, 0.2) is 0 Å². The van der Waals surface area contributed by atoms with Crippen LogP contribution in [-0.2, 0) is 6.54 Å². The van der Waals surface area contributed by atoms with Crippen LogP contribution in [0.5, 0.6) is 0 Å². The molecule has 1 aromatic rings. The van der Waals surface area contributed by atoms with Crippen LogP contribution in [0.15, 0.2) is 42.5 Å². The number of nitrogens with zero attached hydrogens (tertiary/aromatic N) is 1. The Labute approximate surface area is 104 Å². The van der Waals surface area contributed by atoms with E-state index in [0.717, 1.165) is 38.0 Å². The van der Waals surface area contributed by atoms with Crippen LogP contribution in [0.4, 0.5) is 0 Å². The second kappa shape index (κ2) is 5.03. The zero-order valence-electron chi connectivity index (χ0n) is 10.5. The predicted molar refractivity (Wildman–Crippen MR) is 70.7 cm³/mol. The summed E-state index contributed by atoms with van der Waals surface area (Å²) < 4.78 is 0. The molecular weight excluding hydrogens is 210 g/mol. The van der Waals surface area contributed by atoms with Gasteiger partial charge in [0.25, 0.3) is 0 Å². The third-order valence-corrected chi connectivity index (χ3v) is 3.75. The lowest BCUT2D eigenvalue weighted by atomic mass is 9.85. The van der Waals surface area contributed by atoms with Gasteiger partial charge in [0.05, 0.1) is 5.60 Å². The normalized spacial score (nSPS) is 26.1. The summed E-state index contributed by atoms with van der Waals surface area (Å²) in [6.45, 7) is 8.76. The number of benzene rings is 1. The minimum atomic E-state index is -0.632. The fraction of sp³-hybridized carbons (Fsp3) is 0.467. The minimum Gasteiger partial charge on any atom is -0.385 e. The van der Waals surface area contributed by atoms with E-state index in [9.17, 15) is 5.11 Å². The first-order valence-electron chi connectivity index (χ1n) is 6.31. The molecule has 1 aromatic carbocycles. The van der Waals surface area contributed by atoms with Crippen LogP contribution in [0.25, 0.3) is 0 Å². The van der Waals surface area contributed by atoms with Gasteiger partial charge in [0.2, 0.25) is 0 Å². The van der Waals surface area contributed by atoms with Gasteiger partial charge in [-0.1, -0.05) is 43.8 Å². The van der Waals surface area contributed by atoms with Crippen LogP contribution in [-0.4, -0.2) is 28.7 Å². The van der Waals surface area contributed by atoms with Crippen molar-refractivity contribution in [3.05, 3.63) is 48.0 Å². The average Bonchev–Trinajstić information content (AvgIpc) is 2.35. The maximum absolute atomic E-state index is 10.3. The van der Waals surface area contributed by atoms with E-state index >= 15 is 0 Å². The zero-order chi connectivity index (χ0) is 12.3. The van der Waals surface area contributed by atoms with E-state index in [1.165, 1.54) is 5.56 Å². The Hall–Kier alpha value is -1.12. The minimum absolute atomic E-state index is 0.632. The molecule has 2 nitrogen and oxygen atoms in total. The SMILES string of the molecule is C=C1CN(Cc2ccccc2)CCC1(O)CC. The first kappa shape index (κ1) is 12.3. The molecule has 1 aliphatic heterocycles. The van der Waals surface area contributed by atoms with Crippen molar-refractivity contribution in [1.29, 1.82) is 0 Å². The molecule has 0 bridgehead atoms. The average molecular weight is 231 g/mol. The van der Waals surface area contributed by atoms with Gasteiger partial charge in [0, 0.05) is 19.6 Å². The van der Waals surface area contributed by atoms with Crippen molar-refractivity contribution in [2.24, 2.45) is 0 Å². The van der Waals surface area contributed by atoms with Crippen molar-refractivity contribution in [2.75, 3.05) is 13.1 Å². The number of piperidine rings is 1. The number of hydrogen-bond acceptors (Lipinski definition) is 2. The first-order chi connectivity index (χ1) is 8.14. The van der Waals surface area contributed by atoms with Gasteiger partial charge in [-0.05, 0) is 24.0 Å². The summed E-state index contributed by atoms with van der Waals surface area (Å²) in [4.78, 5) is 2.35. The van der Waals surface area contributed by atoms with E-state index in [2.05, 4.69) is 35.7 Å². The lowest BCUT2D eigenvalue weighted by Crippen LogP contribution is -2.45. The molecule has 1 N–H and O–H groups in total. The molecule has 1 heterocycles. The van der Waals surface area contributed by atoms with E-state index in [0.29, 0.717) is 0 Å². The highest BCUT2D eigenvalue weighted by molar-refractivity contribution is 5.19. The van der Waals surface area contributed by atoms with Crippen molar-refractivity contribution in [3.8, 4) is 0 Å². The standard InChI is InChI=1S/C15H21NO/c1-3-15(17)9-10-16(11-13(15)2)12-14-7-5-4-6-8-14/h4-8,17H,2-3,9-12H2,1H3. The molecule has 2 rings (SSSR count). The van der Waals surface area contributed by atoms with Gasteiger partial charge in [-0.15, -0.1) is 0 Å². The number of hydrogen-bond donors (Lipinski definition) is 1. The highest BCUT2D eigenvalue weighted by atomic mass is 16.3. The smallest absolute Gasteiger partial charge is 0.0876 e. The molecule has 1 unspecified atom stereocenters. The van der Waals surface area contributed by atoms with Crippen LogP contribution in [0.2, 0.25) is 0 Å². The van der Waals surface area contributed by atoms with E-state index in [1.807, 2.05) is 13.0 Å². The molecular formula is C15H21NO. The number of rotatable bonds is 3. The summed E-state index contributed by atoms with van der Waals surface area (Å²) in [7, 11) is 0. The second-order valence-corrected chi connectivity index (χ2v) is 4.93. The molecule has 1 aliphatic rings. The maximum Gasteiger partial charge on any atom is 0.0876 e. The third-order valence-electron chi connectivity index (χ3n) is 3.75. The molecule has 0 aliphatic carbocycles. The van der Waals surface area contributed by atoms with Gasteiger partial charge in [-0.3, -0.25) is 4.90 Å². The fourth-order valence-electron chi connectivity index (χ4n) is 2.42. The lowest BCUT2D eigenvalue weighted by molar-refractivity contribution is 0.0232. The van der Waals surface area contributed by atoms with Crippen LogP contribution < -0.4 is 0 Å². The molecule has 0 radical (unpaired) electrons. The molecule has 1 saturated heterocycles. The summed E-state index contributed by atoms with van der Waals surface area (Å²) in [6.07, 6.45) is 1.57. The number of likely N-dealkylation sites (tertiary alicyclic amines) is 1. The predicted octanol–water partition coefficient (Wildman–Crippen LogP) is 2.59. The molecule has 1 atom stereocenters. The Kier molecular flexibility index (Phi) is 3.65. The van der Waals surface area contributed by atoms with E-state index in [4.69, 9.17) is 0 Å². The van der Waals surface area contributed by atoms with Crippen molar-refractivity contribution < 1.29 is 5.11 Å². The van der Waals surface area contributed by atoms with Crippen LogP contribution in [0.1, 0.15) is 25.3 Å². The molecule has 0 aromatic heterocycles. The van der Waals surface area contributed by atoms with Gasteiger partial charge in [-0.25, -0.2) is 0 Å². The highest BCUT2D eigenvalue weighted by Gasteiger charge is 2.33. The molecule has 1 fully saturated rings. The Morgan fingerprint density at radius 3 is 2.65 bits per heavy atom. The van der Waals surface area contributed by atoms with Gasteiger partial charge >= 0.3 is 0 Å². The molecule has 0 amide bonds. The summed E-state index contributed by atoms with van der Waals surface area (Å²) in [5, 5.41) is 10.3. The summed E-state index contributed by atoms with van der Waals surface area (Å²) in [6, 6.07) is 10.5. The summed E-state index contributed by atoms with van der Waals surface area (Å²) >= 11 is 0. The molecule has 0 spiro atoms. The molecule has 92 valence electrons. The Morgan fingerprint density at radius 2 is 2.06 bits per heavy atom. The van der Waals surface area contributed by atoms with E-state index in [1.54, 1.807) is 0 Å². The fourth-order valence-corrected chi connectivity index (χ4v) is 2.42. The molecule has 0 saturated carbocycles. The monoisotopic (exact) mass is 231 g/mol. The van der Waals surface area contributed by atoms with E-state index < -0.39 is 5.60 Å².